The van der Waals surface area contributed by atoms with E-state index < -0.39 is 5.97 Å². The molecule has 5 heteroatoms. The van der Waals surface area contributed by atoms with Crippen molar-refractivity contribution in [3.05, 3.63) is 41.7 Å². The van der Waals surface area contributed by atoms with Gasteiger partial charge in [-0.2, -0.15) is 0 Å². The SMILES string of the molecule is COC(C)(C)Cc1ccccc1-c1cc(C(=O)O)on1. The van der Waals surface area contributed by atoms with Gasteiger partial charge in [-0.05, 0) is 19.4 Å². The number of benzene rings is 1. The summed E-state index contributed by atoms with van der Waals surface area (Å²) >= 11 is 0. The fraction of sp³-hybridized carbons (Fsp3) is 0.333. The van der Waals surface area contributed by atoms with Crippen LogP contribution in [0.2, 0.25) is 0 Å². The number of carbonyl (C=O) groups is 1. The summed E-state index contributed by atoms with van der Waals surface area (Å²) in [6.45, 7) is 3.99. The molecule has 0 radical (unpaired) electrons. The van der Waals surface area contributed by atoms with E-state index in [1.54, 1.807) is 7.11 Å². The predicted molar refractivity (Wildman–Crippen MR) is 73.7 cm³/mol. The zero-order chi connectivity index (χ0) is 14.8. The number of aromatic carboxylic acids is 1. The van der Waals surface area contributed by atoms with Crippen molar-refractivity contribution in [2.24, 2.45) is 0 Å². The molecule has 106 valence electrons. The van der Waals surface area contributed by atoms with Gasteiger partial charge in [0.25, 0.3) is 0 Å². The van der Waals surface area contributed by atoms with Gasteiger partial charge in [0.05, 0.1) is 5.60 Å². The number of aromatic nitrogens is 1. The molecular formula is C15H17NO4. The molecule has 0 saturated heterocycles. The fourth-order valence-corrected chi connectivity index (χ4v) is 1.96. The van der Waals surface area contributed by atoms with Crippen LogP contribution in [0.5, 0.6) is 0 Å². The Hall–Kier alpha value is -2.14. The third kappa shape index (κ3) is 3.05. The minimum atomic E-state index is -1.13. The summed E-state index contributed by atoms with van der Waals surface area (Å²) in [5.41, 5.74) is 2.10. The summed E-state index contributed by atoms with van der Waals surface area (Å²) in [4.78, 5) is 10.9. The number of methoxy groups -OCH3 is 1. The van der Waals surface area contributed by atoms with E-state index in [1.807, 2.05) is 38.1 Å². The third-order valence-corrected chi connectivity index (χ3v) is 3.18. The van der Waals surface area contributed by atoms with E-state index in [0.29, 0.717) is 12.1 Å². The number of ether oxygens (including phenoxy) is 1. The number of nitrogens with zero attached hydrogens (tertiary/aromatic N) is 1. The van der Waals surface area contributed by atoms with Gasteiger partial charge in [0.1, 0.15) is 5.69 Å². The highest BCUT2D eigenvalue weighted by Crippen LogP contribution is 2.27. The number of hydrogen-bond acceptors (Lipinski definition) is 4. The molecule has 0 aliphatic rings. The molecule has 0 atom stereocenters. The fourth-order valence-electron chi connectivity index (χ4n) is 1.96. The van der Waals surface area contributed by atoms with Gasteiger partial charge in [-0.1, -0.05) is 29.4 Å². The lowest BCUT2D eigenvalue weighted by Gasteiger charge is -2.23. The Morgan fingerprint density at radius 1 is 1.40 bits per heavy atom. The quantitative estimate of drug-likeness (QED) is 0.908. The minimum absolute atomic E-state index is 0.166. The lowest BCUT2D eigenvalue weighted by molar-refractivity contribution is 0.0233. The van der Waals surface area contributed by atoms with Crippen molar-refractivity contribution in [3.8, 4) is 11.3 Å². The van der Waals surface area contributed by atoms with E-state index in [9.17, 15) is 4.79 Å². The molecule has 1 heterocycles. The zero-order valence-corrected chi connectivity index (χ0v) is 11.7. The molecule has 20 heavy (non-hydrogen) atoms. The van der Waals surface area contributed by atoms with Crippen molar-refractivity contribution in [1.82, 2.24) is 5.16 Å². The first-order valence-corrected chi connectivity index (χ1v) is 6.26. The van der Waals surface area contributed by atoms with Crippen LogP contribution in [-0.2, 0) is 11.2 Å². The van der Waals surface area contributed by atoms with Crippen LogP contribution in [0.1, 0.15) is 30.0 Å². The summed E-state index contributed by atoms with van der Waals surface area (Å²) in [6, 6.07) is 9.12. The Bertz CT molecular complexity index is 616. The molecule has 2 aromatic rings. The monoisotopic (exact) mass is 275 g/mol. The topological polar surface area (TPSA) is 72.6 Å². The number of carboxylic acid groups (broad SMARTS) is 1. The van der Waals surface area contributed by atoms with Crippen molar-refractivity contribution in [2.45, 2.75) is 25.9 Å². The van der Waals surface area contributed by atoms with Crippen molar-refractivity contribution < 1.29 is 19.2 Å². The van der Waals surface area contributed by atoms with Gasteiger partial charge in [0, 0.05) is 25.2 Å². The lowest BCUT2D eigenvalue weighted by Crippen LogP contribution is -2.25. The second kappa shape index (κ2) is 5.46. The molecule has 1 aromatic carbocycles. The van der Waals surface area contributed by atoms with Crippen LogP contribution in [0.25, 0.3) is 11.3 Å². The van der Waals surface area contributed by atoms with Crippen molar-refractivity contribution in [3.63, 3.8) is 0 Å². The van der Waals surface area contributed by atoms with Gasteiger partial charge in [-0.3, -0.25) is 0 Å². The van der Waals surface area contributed by atoms with Gasteiger partial charge in [0.15, 0.2) is 0 Å². The minimum Gasteiger partial charge on any atom is -0.475 e. The first kappa shape index (κ1) is 14.3. The molecule has 0 spiro atoms. The molecule has 0 bridgehead atoms. The van der Waals surface area contributed by atoms with Crippen molar-refractivity contribution in [1.29, 1.82) is 0 Å². The molecule has 1 N–H and O–H groups in total. The first-order valence-electron chi connectivity index (χ1n) is 6.26. The smallest absolute Gasteiger partial charge is 0.374 e. The second-order valence-corrected chi connectivity index (χ2v) is 5.18. The maximum Gasteiger partial charge on any atom is 0.374 e. The largest absolute Gasteiger partial charge is 0.475 e. The Balaban J connectivity index is 2.38. The standard InChI is InChI=1S/C15H17NO4/c1-15(2,19-3)9-10-6-4-5-7-11(10)12-8-13(14(17)18)20-16-12/h4-8H,9H2,1-3H3,(H,17,18). The van der Waals surface area contributed by atoms with Crippen molar-refractivity contribution >= 4 is 5.97 Å². The van der Waals surface area contributed by atoms with Gasteiger partial charge in [-0.25, -0.2) is 4.79 Å². The van der Waals surface area contributed by atoms with E-state index >= 15 is 0 Å². The zero-order valence-electron chi connectivity index (χ0n) is 11.7. The Morgan fingerprint density at radius 2 is 2.10 bits per heavy atom. The molecule has 0 aliphatic heterocycles. The van der Waals surface area contributed by atoms with Crippen LogP contribution in [-0.4, -0.2) is 28.9 Å². The molecule has 0 fully saturated rings. The van der Waals surface area contributed by atoms with Crippen LogP contribution in [0.3, 0.4) is 0 Å². The molecule has 2 rings (SSSR count). The lowest BCUT2D eigenvalue weighted by atomic mass is 9.93. The highest BCUT2D eigenvalue weighted by Gasteiger charge is 2.21. The Morgan fingerprint density at radius 3 is 2.70 bits per heavy atom. The summed E-state index contributed by atoms with van der Waals surface area (Å²) in [6.07, 6.45) is 0.689. The van der Waals surface area contributed by atoms with Crippen LogP contribution in [0.4, 0.5) is 0 Å². The van der Waals surface area contributed by atoms with E-state index in [2.05, 4.69) is 5.16 Å². The average molecular weight is 275 g/mol. The first-order chi connectivity index (χ1) is 9.43. The summed E-state index contributed by atoms with van der Waals surface area (Å²) in [5, 5.41) is 12.7. The molecule has 0 aliphatic carbocycles. The van der Waals surface area contributed by atoms with Crippen LogP contribution < -0.4 is 0 Å². The second-order valence-electron chi connectivity index (χ2n) is 5.18. The van der Waals surface area contributed by atoms with Gasteiger partial charge < -0.3 is 14.4 Å². The molecule has 0 unspecified atom stereocenters. The third-order valence-electron chi connectivity index (χ3n) is 3.18. The van der Waals surface area contributed by atoms with Crippen molar-refractivity contribution in [2.75, 3.05) is 7.11 Å². The molecular weight excluding hydrogens is 258 g/mol. The molecule has 5 nitrogen and oxygen atoms in total. The number of carboxylic acids is 1. The van der Waals surface area contributed by atoms with Crippen LogP contribution in [0, 0.1) is 0 Å². The van der Waals surface area contributed by atoms with Gasteiger partial charge in [0.2, 0.25) is 5.76 Å². The van der Waals surface area contributed by atoms with E-state index in [-0.39, 0.29) is 11.4 Å². The summed E-state index contributed by atoms with van der Waals surface area (Å²) in [7, 11) is 1.67. The highest BCUT2D eigenvalue weighted by molar-refractivity contribution is 5.85. The molecule has 0 saturated carbocycles. The van der Waals surface area contributed by atoms with Crippen LogP contribution >= 0.6 is 0 Å². The van der Waals surface area contributed by atoms with Gasteiger partial charge in [-0.15, -0.1) is 0 Å². The maximum absolute atomic E-state index is 10.9. The average Bonchev–Trinajstić information content (AvgIpc) is 2.88. The normalized spacial score (nSPS) is 11.6. The molecule has 0 amide bonds. The van der Waals surface area contributed by atoms with E-state index in [0.717, 1.165) is 11.1 Å². The summed E-state index contributed by atoms with van der Waals surface area (Å²) < 4.78 is 10.2. The number of hydrogen-bond donors (Lipinski definition) is 1. The van der Waals surface area contributed by atoms with E-state index in [4.69, 9.17) is 14.4 Å². The number of rotatable bonds is 5. The Kier molecular flexibility index (Phi) is 3.90. The van der Waals surface area contributed by atoms with E-state index in [1.165, 1.54) is 6.07 Å². The van der Waals surface area contributed by atoms with Gasteiger partial charge >= 0.3 is 5.97 Å². The van der Waals surface area contributed by atoms with Crippen LogP contribution in [0.15, 0.2) is 34.9 Å². The highest BCUT2D eigenvalue weighted by atomic mass is 16.5. The Labute approximate surface area is 117 Å². The summed E-state index contributed by atoms with van der Waals surface area (Å²) in [5.74, 6) is -1.29. The maximum atomic E-state index is 10.9. The molecule has 1 aromatic heterocycles. The predicted octanol–water partition coefficient (Wildman–Crippen LogP) is 3.01.